The van der Waals surface area contributed by atoms with Gasteiger partial charge >= 0.3 is 0 Å². The topological polar surface area (TPSA) is 37.4 Å². The van der Waals surface area contributed by atoms with Crippen LogP contribution in [0.3, 0.4) is 0 Å². The lowest BCUT2D eigenvalue weighted by Gasteiger charge is -2.17. The Morgan fingerprint density at radius 1 is 1.58 bits per heavy atom. The maximum Gasteiger partial charge on any atom is 0.290 e. The highest BCUT2D eigenvalue weighted by Gasteiger charge is 2.29. The summed E-state index contributed by atoms with van der Waals surface area (Å²) in [6, 6.07) is 0. The smallest absolute Gasteiger partial charge is 0.290 e. The molecule has 0 N–H and O–H groups in total. The van der Waals surface area contributed by atoms with Crippen LogP contribution in [-0.2, 0) is 9.59 Å². The number of hydrogen-bond donors (Lipinski definition) is 0. The molecule has 1 fully saturated rings. The van der Waals surface area contributed by atoms with E-state index in [0.717, 1.165) is 0 Å². The van der Waals surface area contributed by atoms with Crippen molar-refractivity contribution >= 4 is 23.5 Å². The molecular formula is C8H13NO2S. The van der Waals surface area contributed by atoms with E-state index >= 15 is 0 Å². The van der Waals surface area contributed by atoms with E-state index in [4.69, 9.17) is 0 Å². The van der Waals surface area contributed by atoms with Crippen LogP contribution in [0.15, 0.2) is 0 Å². The van der Waals surface area contributed by atoms with Crippen LogP contribution in [0.5, 0.6) is 0 Å². The van der Waals surface area contributed by atoms with E-state index in [2.05, 4.69) is 6.92 Å². The lowest BCUT2D eigenvalue weighted by molar-refractivity contribution is -0.139. The molecule has 1 aliphatic heterocycles. The van der Waals surface area contributed by atoms with Gasteiger partial charge in [0.2, 0.25) is 5.78 Å². The van der Waals surface area contributed by atoms with Crippen molar-refractivity contribution in [2.45, 2.75) is 18.6 Å². The fraction of sp³-hybridized carbons (Fsp3) is 0.750. The van der Waals surface area contributed by atoms with Crippen molar-refractivity contribution in [2.24, 2.45) is 0 Å². The Morgan fingerprint density at radius 2 is 2.25 bits per heavy atom. The molecule has 0 radical (unpaired) electrons. The Hall–Kier alpha value is -0.510. The van der Waals surface area contributed by atoms with Crippen LogP contribution >= 0.6 is 11.8 Å². The van der Waals surface area contributed by atoms with Gasteiger partial charge in [0.05, 0.1) is 0 Å². The Bertz CT molecular complexity index is 205. The average Bonchev–Trinajstić information content (AvgIpc) is 2.36. The van der Waals surface area contributed by atoms with Crippen molar-refractivity contribution in [3.05, 3.63) is 0 Å². The van der Waals surface area contributed by atoms with E-state index in [9.17, 15) is 9.59 Å². The van der Waals surface area contributed by atoms with Crippen LogP contribution in [0, 0.1) is 0 Å². The van der Waals surface area contributed by atoms with E-state index in [0.29, 0.717) is 24.8 Å². The summed E-state index contributed by atoms with van der Waals surface area (Å²) in [5.41, 5.74) is 0. The largest absolute Gasteiger partial charge is 0.335 e. The fourth-order valence-electron chi connectivity index (χ4n) is 1.18. The maximum absolute atomic E-state index is 11.1. The summed E-state index contributed by atoms with van der Waals surface area (Å²) in [4.78, 5) is 23.6. The summed E-state index contributed by atoms with van der Waals surface area (Å²) in [7, 11) is 0. The first-order chi connectivity index (χ1) is 5.65. The number of hydrogen-bond acceptors (Lipinski definition) is 3. The van der Waals surface area contributed by atoms with Crippen LogP contribution in [-0.4, -0.2) is 41.2 Å². The summed E-state index contributed by atoms with van der Waals surface area (Å²) < 4.78 is 0. The van der Waals surface area contributed by atoms with Crippen molar-refractivity contribution in [1.29, 1.82) is 0 Å². The van der Waals surface area contributed by atoms with Crippen LogP contribution in [0.25, 0.3) is 0 Å². The van der Waals surface area contributed by atoms with Crippen molar-refractivity contribution in [3.63, 3.8) is 0 Å². The van der Waals surface area contributed by atoms with E-state index in [1.54, 1.807) is 16.7 Å². The third kappa shape index (κ3) is 2.00. The summed E-state index contributed by atoms with van der Waals surface area (Å²) >= 11 is 1.71. The molecule has 1 atom stereocenters. The minimum absolute atomic E-state index is 0.233. The molecule has 3 nitrogen and oxygen atoms in total. The zero-order valence-electron chi connectivity index (χ0n) is 7.37. The molecular weight excluding hydrogens is 174 g/mol. The quantitative estimate of drug-likeness (QED) is 0.605. The predicted molar refractivity (Wildman–Crippen MR) is 49.2 cm³/mol. The molecule has 12 heavy (non-hydrogen) atoms. The molecule has 0 aromatic heterocycles. The molecule has 1 unspecified atom stereocenters. The lowest BCUT2D eigenvalue weighted by atomic mass is 10.3. The zero-order chi connectivity index (χ0) is 9.14. The Kier molecular flexibility index (Phi) is 3.14. The van der Waals surface area contributed by atoms with Gasteiger partial charge in [0.15, 0.2) is 0 Å². The van der Waals surface area contributed by atoms with E-state index < -0.39 is 0 Å². The first-order valence-electron chi connectivity index (χ1n) is 4.00. The Balaban J connectivity index is 2.44. The second-order valence-electron chi connectivity index (χ2n) is 2.97. The molecule has 1 heterocycles. The van der Waals surface area contributed by atoms with Crippen molar-refractivity contribution in [2.75, 3.05) is 19.3 Å². The van der Waals surface area contributed by atoms with Crippen LogP contribution in [0.4, 0.5) is 0 Å². The minimum Gasteiger partial charge on any atom is -0.335 e. The minimum atomic E-state index is -0.295. The molecule has 0 aromatic rings. The molecule has 68 valence electrons. The molecule has 1 aliphatic rings. The zero-order valence-corrected chi connectivity index (χ0v) is 8.19. The lowest BCUT2D eigenvalue weighted by Crippen LogP contribution is -2.32. The average molecular weight is 187 g/mol. The number of carbonyl (C=O) groups is 2. The number of nitrogens with zero attached hydrogens (tertiary/aromatic N) is 1. The third-order valence-electron chi connectivity index (χ3n) is 2.01. The van der Waals surface area contributed by atoms with Gasteiger partial charge in [0.1, 0.15) is 0 Å². The SMILES string of the molecule is CSC(C)CN1CCC(=O)C1=O. The highest BCUT2D eigenvalue weighted by Crippen LogP contribution is 2.12. The van der Waals surface area contributed by atoms with Crippen molar-refractivity contribution < 1.29 is 9.59 Å². The fourth-order valence-corrected chi connectivity index (χ4v) is 1.51. The number of carbonyl (C=O) groups excluding carboxylic acids is 2. The normalized spacial score (nSPS) is 20.3. The van der Waals surface area contributed by atoms with Gasteiger partial charge in [0.25, 0.3) is 5.91 Å². The molecule has 0 saturated carbocycles. The third-order valence-corrected chi connectivity index (χ3v) is 2.97. The summed E-state index contributed by atoms with van der Waals surface area (Å²) in [6.07, 6.45) is 2.41. The number of thioether (sulfide) groups is 1. The number of likely N-dealkylation sites (tertiary alicyclic amines) is 1. The number of amides is 1. The van der Waals surface area contributed by atoms with Gasteiger partial charge in [-0.2, -0.15) is 11.8 Å². The molecule has 0 aromatic carbocycles. The van der Waals surface area contributed by atoms with Gasteiger partial charge in [-0.05, 0) is 6.26 Å². The molecule has 0 aliphatic carbocycles. The molecule has 0 bridgehead atoms. The summed E-state index contributed by atoms with van der Waals surface area (Å²) in [5, 5.41) is 0.417. The van der Waals surface area contributed by atoms with Crippen molar-refractivity contribution in [1.82, 2.24) is 4.90 Å². The van der Waals surface area contributed by atoms with Gasteiger partial charge in [-0.3, -0.25) is 9.59 Å². The summed E-state index contributed by atoms with van der Waals surface area (Å²) in [6.45, 7) is 3.37. The second-order valence-corrected chi connectivity index (χ2v) is 4.25. The van der Waals surface area contributed by atoms with Gasteiger partial charge in [0, 0.05) is 24.8 Å². The van der Waals surface area contributed by atoms with E-state index in [1.165, 1.54) is 0 Å². The maximum atomic E-state index is 11.1. The number of Topliss-reactive ketones (excluding diaryl/α,β-unsaturated/α-hetero) is 1. The van der Waals surface area contributed by atoms with Gasteiger partial charge in [-0.1, -0.05) is 6.92 Å². The highest BCUT2D eigenvalue weighted by molar-refractivity contribution is 7.99. The molecule has 1 amide bonds. The predicted octanol–water partition coefficient (Wildman–Crippen LogP) is 0.539. The molecule has 0 spiro atoms. The first-order valence-corrected chi connectivity index (χ1v) is 5.29. The second kappa shape index (κ2) is 3.94. The summed E-state index contributed by atoms with van der Waals surface area (Å²) in [5.74, 6) is -0.529. The first kappa shape index (κ1) is 9.58. The Labute approximate surface area is 76.5 Å². The van der Waals surface area contributed by atoms with E-state index in [1.807, 2.05) is 6.26 Å². The van der Waals surface area contributed by atoms with Crippen molar-refractivity contribution in [3.8, 4) is 0 Å². The number of rotatable bonds is 3. The van der Waals surface area contributed by atoms with Crippen LogP contribution in [0.2, 0.25) is 0 Å². The molecule has 1 rings (SSSR count). The van der Waals surface area contributed by atoms with Gasteiger partial charge in [-0.15, -0.1) is 0 Å². The number of ketones is 1. The standard InChI is InChI=1S/C8H13NO2S/c1-6(12-2)5-9-4-3-7(10)8(9)11/h6H,3-5H2,1-2H3. The monoisotopic (exact) mass is 187 g/mol. The van der Waals surface area contributed by atoms with Gasteiger partial charge in [-0.25, -0.2) is 0 Å². The van der Waals surface area contributed by atoms with E-state index in [-0.39, 0.29) is 11.7 Å². The Morgan fingerprint density at radius 3 is 2.67 bits per heavy atom. The van der Waals surface area contributed by atoms with Crippen LogP contribution < -0.4 is 0 Å². The van der Waals surface area contributed by atoms with Crippen LogP contribution in [0.1, 0.15) is 13.3 Å². The van der Waals surface area contributed by atoms with Gasteiger partial charge < -0.3 is 4.90 Å². The molecule has 4 heteroatoms. The molecule has 1 saturated heterocycles. The highest BCUT2D eigenvalue weighted by atomic mass is 32.2.